The first-order chi connectivity index (χ1) is 10.4. The largest absolute Gasteiger partial charge is 0.393 e. The number of hydrogen-bond donors (Lipinski definition) is 1. The highest BCUT2D eigenvalue weighted by molar-refractivity contribution is 5.91. The van der Waals surface area contributed by atoms with Crippen LogP contribution in [-0.4, -0.2) is 22.8 Å². The van der Waals surface area contributed by atoms with Crippen molar-refractivity contribution in [2.45, 2.75) is 58.5 Å². The van der Waals surface area contributed by atoms with Crippen LogP contribution in [-0.2, 0) is 9.59 Å². The Labute approximate surface area is 132 Å². The monoisotopic (exact) mass is 302 g/mol. The number of carbonyl (C=O) groups is 2. The van der Waals surface area contributed by atoms with Gasteiger partial charge >= 0.3 is 0 Å². The van der Waals surface area contributed by atoms with E-state index in [9.17, 15) is 14.7 Å². The van der Waals surface area contributed by atoms with Crippen LogP contribution in [0.1, 0.15) is 52.4 Å². The molecule has 120 valence electrons. The maximum Gasteiger partial charge on any atom is 0.155 e. The summed E-state index contributed by atoms with van der Waals surface area (Å²) in [7, 11) is 0. The van der Waals surface area contributed by atoms with Gasteiger partial charge in [-0.15, -0.1) is 0 Å². The van der Waals surface area contributed by atoms with Gasteiger partial charge in [-0.2, -0.15) is 0 Å². The zero-order chi connectivity index (χ0) is 15.7. The maximum absolute atomic E-state index is 12.4. The fraction of sp³-hybridized carbons (Fsp3) is 0.789. The van der Waals surface area contributed by atoms with Crippen molar-refractivity contribution in [3.05, 3.63) is 12.2 Å². The lowest BCUT2D eigenvalue weighted by atomic mass is 9.46. The van der Waals surface area contributed by atoms with Crippen LogP contribution in [0.5, 0.6) is 0 Å². The van der Waals surface area contributed by atoms with Crippen LogP contribution in [0.15, 0.2) is 12.2 Å². The van der Waals surface area contributed by atoms with E-state index >= 15 is 0 Å². The minimum atomic E-state index is -0.349. The molecular formula is C19H26O3. The lowest BCUT2D eigenvalue weighted by Gasteiger charge is -2.59. The Morgan fingerprint density at radius 1 is 1.18 bits per heavy atom. The first-order valence-electron chi connectivity index (χ1n) is 8.80. The minimum absolute atomic E-state index is 0.0186. The van der Waals surface area contributed by atoms with Crippen LogP contribution >= 0.6 is 0 Å². The summed E-state index contributed by atoms with van der Waals surface area (Å²) in [5, 5.41) is 10.8. The number of aliphatic hydroxyl groups is 1. The summed E-state index contributed by atoms with van der Waals surface area (Å²) < 4.78 is 0. The minimum Gasteiger partial charge on any atom is -0.393 e. The predicted molar refractivity (Wildman–Crippen MR) is 83.0 cm³/mol. The molecule has 3 saturated carbocycles. The van der Waals surface area contributed by atoms with Crippen molar-refractivity contribution < 1.29 is 14.7 Å². The Kier molecular flexibility index (Phi) is 3.01. The molecular weight excluding hydrogens is 276 g/mol. The second-order valence-corrected chi connectivity index (χ2v) is 8.58. The van der Waals surface area contributed by atoms with Crippen molar-refractivity contribution in [1.29, 1.82) is 0 Å². The predicted octanol–water partition coefficient (Wildman–Crippen LogP) is 2.91. The van der Waals surface area contributed by atoms with Crippen LogP contribution in [0.25, 0.3) is 0 Å². The lowest BCUT2D eigenvalue weighted by Crippen LogP contribution is -2.57. The van der Waals surface area contributed by atoms with Gasteiger partial charge in [-0.1, -0.05) is 19.9 Å². The van der Waals surface area contributed by atoms with E-state index in [1.807, 2.05) is 0 Å². The molecule has 0 aromatic rings. The molecule has 3 nitrogen and oxygen atoms in total. The average molecular weight is 302 g/mol. The maximum atomic E-state index is 12.4. The Balaban J connectivity index is 1.74. The van der Waals surface area contributed by atoms with Gasteiger partial charge in [0.25, 0.3) is 0 Å². The van der Waals surface area contributed by atoms with Gasteiger partial charge in [0, 0.05) is 18.3 Å². The first kappa shape index (κ1) is 14.6. The summed E-state index contributed by atoms with van der Waals surface area (Å²) in [6.07, 6.45) is 8.43. The first-order valence-corrected chi connectivity index (χ1v) is 8.80. The molecule has 4 rings (SSSR count). The molecule has 0 heterocycles. The van der Waals surface area contributed by atoms with Gasteiger partial charge in [0.05, 0.1) is 6.10 Å². The van der Waals surface area contributed by atoms with Crippen LogP contribution in [0.2, 0.25) is 0 Å². The number of hydrogen-bond acceptors (Lipinski definition) is 3. The number of Topliss-reactive ketones (excluding diaryl/α,β-unsaturated/α-hetero) is 1. The number of carbonyl (C=O) groups excluding carboxylic acids is 2. The number of rotatable bonds is 0. The van der Waals surface area contributed by atoms with Crippen molar-refractivity contribution in [3.63, 3.8) is 0 Å². The van der Waals surface area contributed by atoms with Gasteiger partial charge in [0.1, 0.15) is 5.78 Å². The quantitative estimate of drug-likeness (QED) is 0.748. The average Bonchev–Trinajstić information content (AvgIpc) is 2.77. The molecule has 0 aromatic heterocycles. The van der Waals surface area contributed by atoms with E-state index in [1.54, 1.807) is 6.08 Å². The number of fused-ring (bicyclic) bond motifs is 5. The standard InChI is InChI=1S/C19H26O3/c1-18-7-5-12(20)9-11(18)10-15(21)17-13-3-4-16(22)19(13,2)8-6-14(17)18/h5,7,11,13-15,17,21H,3-4,6,8-10H2,1-2H3/t11?,13-,14-,15-,17-,18-,19-/m0/s1. The fourth-order valence-corrected chi connectivity index (χ4v) is 6.38. The molecule has 0 radical (unpaired) electrons. The van der Waals surface area contributed by atoms with E-state index in [0.29, 0.717) is 36.9 Å². The second kappa shape index (κ2) is 4.53. The zero-order valence-electron chi connectivity index (χ0n) is 13.5. The summed E-state index contributed by atoms with van der Waals surface area (Å²) in [5.74, 6) is 1.84. The Morgan fingerprint density at radius 3 is 2.73 bits per heavy atom. The lowest BCUT2D eigenvalue weighted by molar-refractivity contribution is -0.150. The molecule has 4 aliphatic carbocycles. The summed E-state index contributed by atoms with van der Waals surface area (Å²) >= 11 is 0. The third-order valence-electron chi connectivity index (χ3n) is 7.77. The Bertz CT molecular complexity index is 565. The highest BCUT2D eigenvalue weighted by atomic mass is 16.3. The zero-order valence-corrected chi connectivity index (χ0v) is 13.5. The van der Waals surface area contributed by atoms with E-state index in [0.717, 1.165) is 19.3 Å². The molecule has 0 spiro atoms. The summed E-state index contributed by atoms with van der Waals surface area (Å²) in [4.78, 5) is 24.2. The number of ketones is 2. The smallest absolute Gasteiger partial charge is 0.155 e. The Hall–Kier alpha value is -0.960. The van der Waals surface area contributed by atoms with Crippen LogP contribution in [0.4, 0.5) is 0 Å². The van der Waals surface area contributed by atoms with Crippen LogP contribution in [0.3, 0.4) is 0 Å². The summed E-state index contributed by atoms with van der Waals surface area (Å²) in [6, 6.07) is 0. The van der Waals surface area contributed by atoms with Gasteiger partial charge < -0.3 is 5.11 Å². The van der Waals surface area contributed by atoms with Gasteiger partial charge in [0.15, 0.2) is 5.78 Å². The van der Waals surface area contributed by atoms with E-state index in [4.69, 9.17) is 0 Å². The molecule has 1 unspecified atom stereocenters. The molecule has 0 amide bonds. The number of allylic oxidation sites excluding steroid dienone is 2. The van der Waals surface area contributed by atoms with Gasteiger partial charge in [-0.05, 0) is 60.8 Å². The molecule has 3 heteroatoms. The molecule has 4 aliphatic rings. The van der Waals surface area contributed by atoms with Crippen LogP contribution < -0.4 is 0 Å². The fourth-order valence-electron chi connectivity index (χ4n) is 6.38. The Morgan fingerprint density at radius 2 is 1.95 bits per heavy atom. The molecule has 3 fully saturated rings. The summed E-state index contributed by atoms with van der Waals surface area (Å²) in [6.45, 7) is 4.41. The van der Waals surface area contributed by atoms with Crippen molar-refractivity contribution in [2.24, 2.45) is 34.5 Å². The summed E-state index contributed by atoms with van der Waals surface area (Å²) in [5.41, 5.74) is -0.190. The van der Waals surface area contributed by atoms with Gasteiger partial charge in [0.2, 0.25) is 0 Å². The second-order valence-electron chi connectivity index (χ2n) is 8.58. The normalized spacial score (nSPS) is 53.9. The van der Waals surface area contributed by atoms with E-state index in [-0.39, 0.29) is 34.6 Å². The van der Waals surface area contributed by atoms with Gasteiger partial charge in [-0.25, -0.2) is 0 Å². The molecule has 0 aromatic carbocycles. The third kappa shape index (κ3) is 1.72. The molecule has 7 atom stereocenters. The number of aliphatic hydroxyl groups excluding tert-OH is 1. The van der Waals surface area contributed by atoms with Gasteiger partial charge in [-0.3, -0.25) is 9.59 Å². The van der Waals surface area contributed by atoms with E-state index < -0.39 is 0 Å². The molecule has 22 heavy (non-hydrogen) atoms. The van der Waals surface area contributed by atoms with Crippen LogP contribution in [0, 0.1) is 34.5 Å². The van der Waals surface area contributed by atoms with Crippen molar-refractivity contribution in [1.82, 2.24) is 0 Å². The molecule has 0 aliphatic heterocycles. The molecule has 0 saturated heterocycles. The molecule has 1 N–H and O–H groups in total. The van der Waals surface area contributed by atoms with E-state index in [2.05, 4.69) is 19.9 Å². The highest BCUT2D eigenvalue weighted by Gasteiger charge is 2.61. The van der Waals surface area contributed by atoms with Crippen molar-refractivity contribution in [2.75, 3.05) is 0 Å². The third-order valence-corrected chi connectivity index (χ3v) is 7.77. The van der Waals surface area contributed by atoms with Crippen molar-refractivity contribution >= 4 is 11.6 Å². The van der Waals surface area contributed by atoms with E-state index in [1.165, 1.54) is 0 Å². The highest BCUT2D eigenvalue weighted by Crippen LogP contribution is 2.64. The van der Waals surface area contributed by atoms with Crippen molar-refractivity contribution in [3.8, 4) is 0 Å². The SMILES string of the molecule is C[C@]12C=CC(=O)CC1C[C@H](O)[C@@H]1[C@@H]2CC[C@]2(C)C(=O)CC[C@@H]12. The topological polar surface area (TPSA) is 54.4 Å². The molecule has 0 bridgehead atoms.